The quantitative estimate of drug-likeness (QED) is 0.832. The summed E-state index contributed by atoms with van der Waals surface area (Å²) < 4.78 is 0. The van der Waals surface area contributed by atoms with Gasteiger partial charge in [0.1, 0.15) is 0 Å². The number of nitrogens with one attached hydrogen (secondary N) is 1. The summed E-state index contributed by atoms with van der Waals surface area (Å²) in [6, 6.07) is 0. The van der Waals surface area contributed by atoms with Gasteiger partial charge in [-0.1, -0.05) is 0 Å². The van der Waals surface area contributed by atoms with E-state index in [2.05, 4.69) is 17.1 Å². The van der Waals surface area contributed by atoms with Gasteiger partial charge in [0.2, 0.25) is 0 Å². The van der Waals surface area contributed by atoms with Crippen molar-refractivity contribution in [2.75, 3.05) is 19.6 Å². The topological polar surface area (TPSA) is 15.3 Å². The molecule has 5 aliphatic carbocycles. The van der Waals surface area contributed by atoms with Gasteiger partial charge in [-0.05, 0) is 82.0 Å². The molecule has 6 aliphatic rings. The minimum absolute atomic E-state index is 0.432. The predicted molar refractivity (Wildman–Crippen MR) is 81.6 cm³/mol. The Morgan fingerprint density at radius 1 is 0.950 bits per heavy atom. The highest BCUT2D eigenvalue weighted by molar-refractivity contribution is 5.11. The molecule has 6 fully saturated rings. The maximum atomic E-state index is 3.88. The molecule has 1 atom stereocenters. The minimum Gasteiger partial charge on any atom is -0.309 e. The Kier molecular flexibility index (Phi) is 2.50. The van der Waals surface area contributed by atoms with Crippen LogP contribution in [0.15, 0.2) is 0 Å². The first-order valence-electron chi connectivity index (χ1n) is 9.15. The summed E-state index contributed by atoms with van der Waals surface area (Å²) >= 11 is 0. The fraction of sp³-hybridized carbons (Fsp3) is 1.00. The molecule has 0 aromatic carbocycles. The largest absolute Gasteiger partial charge is 0.309 e. The van der Waals surface area contributed by atoms with Crippen LogP contribution in [0.3, 0.4) is 0 Å². The SMILES string of the molecule is CC1(C2CC2)CN(C23CC4CC(CC(C4)C2)C3)CCN1. The van der Waals surface area contributed by atoms with Crippen LogP contribution in [-0.4, -0.2) is 35.6 Å². The van der Waals surface area contributed by atoms with Gasteiger partial charge in [-0.3, -0.25) is 4.90 Å². The number of rotatable bonds is 2. The molecule has 1 aliphatic heterocycles. The zero-order valence-corrected chi connectivity index (χ0v) is 13.0. The van der Waals surface area contributed by atoms with Crippen LogP contribution in [0.2, 0.25) is 0 Å². The lowest BCUT2D eigenvalue weighted by atomic mass is 9.52. The lowest BCUT2D eigenvalue weighted by Crippen LogP contribution is -2.69. The molecule has 0 aromatic heterocycles. The highest BCUT2D eigenvalue weighted by Gasteiger charge is 2.55. The third-order valence-electron chi connectivity index (χ3n) is 7.59. The molecule has 112 valence electrons. The normalized spacial score (nSPS) is 55.4. The van der Waals surface area contributed by atoms with Crippen LogP contribution in [-0.2, 0) is 0 Å². The van der Waals surface area contributed by atoms with Crippen LogP contribution in [0.4, 0.5) is 0 Å². The van der Waals surface area contributed by atoms with E-state index in [1.54, 1.807) is 38.5 Å². The summed E-state index contributed by atoms with van der Waals surface area (Å²) in [5.74, 6) is 4.23. The molecule has 6 rings (SSSR count). The Bertz CT molecular complexity index is 378. The molecule has 1 heterocycles. The molecule has 0 amide bonds. The van der Waals surface area contributed by atoms with Crippen molar-refractivity contribution in [1.29, 1.82) is 0 Å². The Morgan fingerprint density at radius 3 is 2.10 bits per heavy atom. The van der Waals surface area contributed by atoms with Crippen LogP contribution in [0.5, 0.6) is 0 Å². The van der Waals surface area contributed by atoms with Crippen LogP contribution >= 0.6 is 0 Å². The molecule has 0 spiro atoms. The molecule has 5 saturated carbocycles. The van der Waals surface area contributed by atoms with Crippen molar-refractivity contribution in [1.82, 2.24) is 10.2 Å². The van der Waals surface area contributed by atoms with Gasteiger partial charge in [0.15, 0.2) is 0 Å². The molecule has 0 aromatic rings. The molecule has 2 nitrogen and oxygen atoms in total. The third kappa shape index (κ3) is 1.76. The fourth-order valence-electron chi connectivity index (χ4n) is 6.86. The average Bonchev–Trinajstić information content (AvgIpc) is 3.21. The van der Waals surface area contributed by atoms with E-state index in [9.17, 15) is 0 Å². The Hall–Kier alpha value is -0.0800. The van der Waals surface area contributed by atoms with Crippen LogP contribution in [0, 0.1) is 23.7 Å². The van der Waals surface area contributed by atoms with Crippen molar-refractivity contribution >= 4 is 0 Å². The lowest BCUT2D eigenvalue weighted by molar-refractivity contribution is -0.105. The number of nitrogens with zero attached hydrogens (tertiary/aromatic N) is 1. The van der Waals surface area contributed by atoms with Gasteiger partial charge in [-0.15, -0.1) is 0 Å². The van der Waals surface area contributed by atoms with E-state index >= 15 is 0 Å². The fourth-order valence-corrected chi connectivity index (χ4v) is 6.86. The summed E-state index contributed by atoms with van der Waals surface area (Å²) in [7, 11) is 0. The van der Waals surface area contributed by atoms with Gasteiger partial charge in [-0.25, -0.2) is 0 Å². The monoisotopic (exact) mass is 274 g/mol. The van der Waals surface area contributed by atoms with Crippen molar-refractivity contribution in [3.05, 3.63) is 0 Å². The Balaban J connectivity index is 1.41. The molecular weight excluding hydrogens is 244 g/mol. The van der Waals surface area contributed by atoms with Crippen molar-refractivity contribution in [3.8, 4) is 0 Å². The summed E-state index contributed by atoms with van der Waals surface area (Å²) in [5, 5.41) is 3.88. The third-order valence-corrected chi connectivity index (χ3v) is 7.59. The molecule has 1 saturated heterocycles. The second-order valence-corrected chi connectivity index (χ2v) is 9.18. The number of hydrogen-bond acceptors (Lipinski definition) is 2. The van der Waals surface area contributed by atoms with E-state index in [4.69, 9.17) is 0 Å². The van der Waals surface area contributed by atoms with Gasteiger partial charge in [0.05, 0.1) is 0 Å². The molecule has 1 N–H and O–H groups in total. The molecular formula is C18H30N2. The highest BCUT2D eigenvalue weighted by Crippen LogP contribution is 2.58. The van der Waals surface area contributed by atoms with E-state index in [1.807, 2.05) is 0 Å². The van der Waals surface area contributed by atoms with Crippen LogP contribution < -0.4 is 5.32 Å². The van der Waals surface area contributed by atoms with E-state index in [1.165, 1.54) is 32.5 Å². The molecule has 0 radical (unpaired) electrons. The second kappa shape index (κ2) is 4.01. The molecule has 20 heavy (non-hydrogen) atoms. The van der Waals surface area contributed by atoms with Crippen molar-refractivity contribution < 1.29 is 0 Å². The Labute approximate surface area is 123 Å². The molecule has 2 heteroatoms. The number of hydrogen-bond donors (Lipinski definition) is 1. The Morgan fingerprint density at radius 2 is 1.55 bits per heavy atom. The summed E-state index contributed by atoms with van der Waals surface area (Å²) in [6.07, 6.45) is 12.3. The van der Waals surface area contributed by atoms with E-state index in [-0.39, 0.29) is 0 Å². The highest BCUT2D eigenvalue weighted by atomic mass is 15.3. The first kappa shape index (κ1) is 12.5. The van der Waals surface area contributed by atoms with Crippen molar-refractivity contribution in [3.63, 3.8) is 0 Å². The van der Waals surface area contributed by atoms with Crippen molar-refractivity contribution in [2.45, 2.75) is 69.4 Å². The summed E-state index contributed by atoms with van der Waals surface area (Å²) in [5.41, 5.74) is 1.06. The number of piperazine rings is 1. The molecule has 4 bridgehead atoms. The first-order valence-corrected chi connectivity index (χ1v) is 9.15. The zero-order chi connectivity index (χ0) is 13.4. The van der Waals surface area contributed by atoms with Crippen LogP contribution in [0.25, 0.3) is 0 Å². The zero-order valence-electron chi connectivity index (χ0n) is 13.0. The smallest absolute Gasteiger partial charge is 0.0309 e. The maximum absolute atomic E-state index is 3.88. The first-order chi connectivity index (χ1) is 9.65. The van der Waals surface area contributed by atoms with Gasteiger partial charge >= 0.3 is 0 Å². The minimum atomic E-state index is 0.432. The summed E-state index contributed by atoms with van der Waals surface area (Å²) in [6.45, 7) is 6.39. The van der Waals surface area contributed by atoms with Crippen LogP contribution in [0.1, 0.15) is 58.3 Å². The van der Waals surface area contributed by atoms with Gasteiger partial charge in [0, 0.05) is 30.7 Å². The van der Waals surface area contributed by atoms with E-state index in [0.29, 0.717) is 11.1 Å². The summed E-state index contributed by atoms with van der Waals surface area (Å²) in [4.78, 5) is 2.98. The van der Waals surface area contributed by atoms with Crippen molar-refractivity contribution in [2.24, 2.45) is 23.7 Å². The van der Waals surface area contributed by atoms with Gasteiger partial charge in [0.25, 0.3) is 0 Å². The predicted octanol–water partition coefficient (Wildman–Crippen LogP) is 3.03. The lowest BCUT2D eigenvalue weighted by Gasteiger charge is -2.62. The maximum Gasteiger partial charge on any atom is 0.0309 e. The molecule has 1 unspecified atom stereocenters. The van der Waals surface area contributed by atoms with E-state index in [0.717, 1.165) is 23.7 Å². The van der Waals surface area contributed by atoms with Gasteiger partial charge < -0.3 is 5.32 Å². The standard InChI is InChI=1S/C18H30N2/c1-17(16-2-3-16)12-20(5-4-19-17)18-9-13-6-14(10-18)8-15(7-13)11-18/h13-16,19H,2-12H2,1H3. The second-order valence-electron chi connectivity index (χ2n) is 9.18. The van der Waals surface area contributed by atoms with E-state index < -0.39 is 0 Å². The average molecular weight is 274 g/mol. The van der Waals surface area contributed by atoms with Gasteiger partial charge in [-0.2, -0.15) is 0 Å².